The fraction of sp³-hybridized carbons (Fsp3) is 0. The normalized spacial score (nSPS) is 10.2. The molecule has 1 atom stereocenters. The smallest absolute Gasteiger partial charge is 0.207 e. The summed E-state index contributed by atoms with van der Waals surface area (Å²) in [6, 6.07) is 2.94. The van der Waals surface area contributed by atoms with E-state index in [9.17, 15) is 13.3 Å². The van der Waals surface area contributed by atoms with Crippen LogP contribution in [0.15, 0.2) is 18.2 Å². The van der Waals surface area contributed by atoms with E-state index in [1.54, 1.807) is 0 Å². The molecule has 0 saturated carbocycles. The van der Waals surface area contributed by atoms with Crippen molar-refractivity contribution in [3.63, 3.8) is 0 Å². The third-order valence-corrected chi connectivity index (χ3v) is 1.67. The van der Waals surface area contributed by atoms with E-state index in [4.69, 9.17) is 0 Å². The van der Waals surface area contributed by atoms with E-state index in [2.05, 4.69) is 0 Å². The van der Waals surface area contributed by atoms with Crippen LogP contribution in [0, 0.1) is 11.6 Å². The third kappa shape index (κ3) is 1.36. The summed E-state index contributed by atoms with van der Waals surface area (Å²) in [6.45, 7) is 0. The zero-order chi connectivity index (χ0) is 7.56. The summed E-state index contributed by atoms with van der Waals surface area (Å²) in [5, 5.41) is 0.0291. The van der Waals surface area contributed by atoms with Crippen molar-refractivity contribution >= 4 is 13.8 Å². The molecule has 0 saturated heterocycles. The molecule has 10 heavy (non-hydrogen) atoms. The highest BCUT2D eigenvalue weighted by atomic mass is 31.1. The second kappa shape index (κ2) is 2.84. The monoisotopic (exact) mass is 161 g/mol. The maximum absolute atomic E-state index is 12.4. The van der Waals surface area contributed by atoms with Crippen LogP contribution >= 0.6 is 8.46 Å². The Morgan fingerprint density at radius 1 is 1.30 bits per heavy atom. The topological polar surface area (TPSA) is 17.1 Å². The molecule has 0 aliphatic rings. The summed E-state index contributed by atoms with van der Waals surface area (Å²) < 4.78 is 34.7. The zero-order valence-electron chi connectivity index (χ0n) is 4.90. The van der Waals surface area contributed by atoms with Crippen molar-refractivity contribution < 1.29 is 13.3 Å². The Labute approximate surface area is 57.9 Å². The van der Waals surface area contributed by atoms with Gasteiger partial charge in [-0.2, -0.15) is 0 Å². The van der Waals surface area contributed by atoms with Crippen molar-refractivity contribution in [2.45, 2.75) is 0 Å². The first kappa shape index (κ1) is 7.29. The van der Waals surface area contributed by atoms with Gasteiger partial charge in [0.2, 0.25) is 5.30 Å². The molecule has 0 aliphatic carbocycles. The molecule has 0 spiro atoms. The Kier molecular flexibility index (Phi) is 2.07. The van der Waals surface area contributed by atoms with E-state index in [1.165, 1.54) is 0 Å². The van der Waals surface area contributed by atoms with Crippen LogP contribution in [-0.4, -0.2) is 0 Å². The Balaban J connectivity index is 3.19. The average Bonchev–Trinajstić information content (AvgIpc) is 1.88. The summed E-state index contributed by atoms with van der Waals surface area (Å²) in [6.07, 6.45) is 0. The van der Waals surface area contributed by atoms with Crippen LogP contribution in [0.3, 0.4) is 0 Å². The molecule has 1 aromatic rings. The van der Waals surface area contributed by atoms with E-state index >= 15 is 0 Å². The third-order valence-electron chi connectivity index (χ3n) is 1.04. The minimum atomic E-state index is -0.866. The van der Waals surface area contributed by atoms with Gasteiger partial charge in [0, 0.05) is 6.07 Å². The molecule has 0 aromatic heterocycles. The largest absolute Gasteiger partial charge is 0.366 e. The molecule has 0 bridgehead atoms. The predicted molar refractivity (Wildman–Crippen MR) is 35.0 cm³/mol. The molecular weight excluding hydrogens is 157 g/mol. The van der Waals surface area contributed by atoms with Crippen molar-refractivity contribution in [2.75, 3.05) is 0 Å². The number of rotatable bonds is 1. The van der Waals surface area contributed by atoms with Crippen LogP contribution in [0.2, 0.25) is 0 Å². The van der Waals surface area contributed by atoms with Gasteiger partial charge < -0.3 is 0 Å². The first-order valence-electron chi connectivity index (χ1n) is 2.57. The van der Waals surface area contributed by atoms with E-state index in [1.807, 2.05) is 0 Å². The lowest BCUT2D eigenvalue weighted by atomic mass is 10.3. The highest BCUT2D eigenvalue weighted by Crippen LogP contribution is 2.04. The summed E-state index contributed by atoms with van der Waals surface area (Å²) in [7, 11) is -0.866. The fourth-order valence-corrected chi connectivity index (χ4v) is 0.893. The van der Waals surface area contributed by atoms with Gasteiger partial charge in [-0.25, -0.2) is 8.78 Å². The van der Waals surface area contributed by atoms with Crippen LogP contribution in [0.5, 0.6) is 0 Å². The highest BCUT2D eigenvalue weighted by molar-refractivity contribution is 7.34. The lowest BCUT2D eigenvalue weighted by molar-refractivity contribution is 0.584. The Bertz CT molecular complexity index is 262. The molecule has 0 amide bonds. The second-order valence-corrected chi connectivity index (χ2v) is 2.47. The van der Waals surface area contributed by atoms with Gasteiger partial charge in [-0.3, -0.25) is 0 Å². The fourth-order valence-electron chi connectivity index (χ4n) is 0.572. The van der Waals surface area contributed by atoms with Crippen LogP contribution < -0.4 is 5.30 Å². The molecule has 0 radical (unpaired) electrons. The Morgan fingerprint density at radius 3 is 2.50 bits per heavy atom. The van der Waals surface area contributed by atoms with E-state index < -0.39 is 20.1 Å². The molecule has 1 rings (SSSR count). The molecular formula is C6H4F2OP+. The summed E-state index contributed by atoms with van der Waals surface area (Å²) in [4.78, 5) is 0. The van der Waals surface area contributed by atoms with Gasteiger partial charge in [-0.05, 0) is 12.1 Å². The molecule has 1 aromatic carbocycles. The van der Waals surface area contributed by atoms with Gasteiger partial charge >= 0.3 is 8.46 Å². The molecule has 0 aliphatic heterocycles. The summed E-state index contributed by atoms with van der Waals surface area (Å²) in [5.41, 5.74) is 0. The van der Waals surface area contributed by atoms with Crippen LogP contribution in [-0.2, 0) is 4.57 Å². The van der Waals surface area contributed by atoms with Gasteiger partial charge in [0.25, 0.3) is 0 Å². The summed E-state index contributed by atoms with van der Waals surface area (Å²) >= 11 is 0. The van der Waals surface area contributed by atoms with Gasteiger partial charge in [0.15, 0.2) is 5.82 Å². The van der Waals surface area contributed by atoms with Crippen LogP contribution in [0.1, 0.15) is 0 Å². The first-order chi connectivity index (χ1) is 4.74. The van der Waals surface area contributed by atoms with Gasteiger partial charge in [0.1, 0.15) is 5.82 Å². The maximum atomic E-state index is 12.4. The van der Waals surface area contributed by atoms with Crippen molar-refractivity contribution in [1.29, 1.82) is 0 Å². The maximum Gasteiger partial charge on any atom is 0.366 e. The van der Waals surface area contributed by atoms with Crippen LogP contribution in [0.25, 0.3) is 0 Å². The van der Waals surface area contributed by atoms with Crippen molar-refractivity contribution in [3.8, 4) is 0 Å². The minimum absolute atomic E-state index is 0.0291. The van der Waals surface area contributed by atoms with E-state index in [0.29, 0.717) is 6.07 Å². The first-order valence-corrected chi connectivity index (χ1v) is 3.48. The second-order valence-electron chi connectivity index (χ2n) is 1.73. The van der Waals surface area contributed by atoms with Crippen molar-refractivity contribution in [2.24, 2.45) is 0 Å². The Morgan fingerprint density at radius 2 is 2.00 bits per heavy atom. The van der Waals surface area contributed by atoms with Gasteiger partial charge in [0.05, 0.1) is 0 Å². The van der Waals surface area contributed by atoms with Crippen molar-refractivity contribution in [1.82, 2.24) is 0 Å². The minimum Gasteiger partial charge on any atom is -0.207 e. The predicted octanol–water partition coefficient (Wildman–Crippen LogP) is 1.61. The summed E-state index contributed by atoms with van der Waals surface area (Å²) in [5.74, 6) is -1.41. The number of benzene rings is 1. The Hall–Kier alpha value is -0.820. The molecule has 0 fully saturated rings. The molecule has 0 heterocycles. The lowest BCUT2D eigenvalue weighted by Gasteiger charge is -1.85. The number of hydrogen-bond donors (Lipinski definition) is 0. The van der Waals surface area contributed by atoms with Crippen molar-refractivity contribution in [3.05, 3.63) is 29.8 Å². The molecule has 1 nitrogen and oxygen atoms in total. The standard InChI is InChI=1S/C6H3F2OP/c7-4-1-2-6(10-9)5(8)3-4/h1-3H/p+1. The highest BCUT2D eigenvalue weighted by Gasteiger charge is 2.08. The number of hydrogen-bond acceptors (Lipinski definition) is 1. The van der Waals surface area contributed by atoms with Gasteiger partial charge in [-0.15, -0.1) is 0 Å². The molecule has 52 valence electrons. The van der Waals surface area contributed by atoms with E-state index in [-0.39, 0.29) is 5.30 Å². The average molecular weight is 161 g/mol. The molecule has 4 heteroatoms. The SMILES string of the molecule is O=[PH+]c1ccc(F)cc1F. The van der Waals surface area contributed by atoms with E-state index in [0.717, 1.165) is 12.1 Å². The zero-order valence-corrected chi connectivity index (χ0v) is 5.90. The van der Waals surface area contributed by atoms with Crippen LogP contribution in [0.4, 0.5) is 8.78 Å². The number of halogens is 2. The lowest BCUT2D eigenvalue weighted by Crippen LogP contribution is -1.98. The van der Waals surface area contributed by atoms with Gasteiger partial charge in [-0.1, -0.05) is 4.57 Å². The molecule has 0 N–H and O–H groups in total. The molecule has 1 unspecified atom stereocenters. The quantitative estimate of drug-likeness (QED) is 0.572.